The first-order valence-electron chi connectivity index (χ1n) is 7.84. The van der Waals surface area contributed by atoms with E-state index in [2.05, 4.69) is 19.8 Å². The number of thioether (sulfide) groups is 1. The van der Waals surface area contributed by atoms with Crippen LogP contribution in [0.2, 0.25) is 0 Å². The molecular formula is C15H20N4O4S2. The molecule has 1 aromatic carbocycles. The summed E-state index contributed by atoms with van der Waals surface area (Å²) in [7, 11) is -3.29. The predicted molar refractivity (Wildman–Crippen MR) is 96.2 cm³/mol. The van der Waals surface area contributed by atoms with Gasteiger partial charge in [0.05, 0.1) is 19.5 Å². The normalized spacial score (nSPS) is 16.0. The van der Waals surface area contributed by atoms with E-state index in [1.165, 1.54) is 11.8 Å². The predicted octanol–water partition coefficient (Wildman–Crippen LogP) is 1.53. The zero-order valence-electron chi connectivity index (χ0n) is 13.8. The maximum Gasteiger partial charge on any atom is 0.276 e. The Labute approximate surface area is 151 Å². The summed E-state index contributed by atoms with van der Waals surface area (Å²) in [5.74, 6) is 1.29. The lowest BCUT2D eigenvalue weighted by molar-refractivity contribution is 0.0410. The lowest BCUT2D eigenvalue weighted by Gasteiger charge is -2.25. The van der Waals surface area contributed by atoms with Crippen molar-refractivity contribution >= 4 is 27.5 Å². The molecule has 10 heteroatoms. The van der Waals surface area contributed by atoms with Crippen LogP contribution in [0.5, 0.6) is 0 Å². The molecule has 136 valence electrons. The van der Waals surface area contributed by atoms with Gasteiger partial charge >= 0.3 is 0 Å². The molecule has 2 aromatic rings. The Bertz CT molecular complexity index is 786. The number of nitrogens with one attached hydrogen (secondary N) is 1. The number of ether oxygens (including phenoxy) is 1. The van der Waals surface area contributed by atoms with Gasteiger partial charge in [-0.25, -0.2) is 8.42 Å². The van der Waals surface area contributed by atoms with Crippen molar-refractivity contribution in [2.45, 2.75) is 5.22 Å². The monoisotopic (exact) mass is 384 g/mol. The van der Waals surface area contributed by atoms with E-state index in [1.807, 2.05) is 0 Å². The van der Waals surface area contributed by atoms with Gasteiger partial charge in [0.15, 0.2) is 0 Å². The lowest BCUT2D eigenvalue weighted by atomic mass is 10.2. The fraction of sp³-hybridized carbons (Fsp3) is 0.467. The largest absolute Gasteiger partial charge is 0.411 e. The number of aromatic nitrogens is 2. The summed E-state index contributed by atoms with van der Waals surface area (Å²) in [4.78, 5) is 2.35. The third kappa shape index (κ3) is 5.70. The average Bonchev–Trinajstić information content (AvgIpc) is 3.04. The first-order chi connectivity index (χ1) is 12.0. The third-order valence-electron chi connectivity index (χ3n) is 3.58. The van der Waals surface area contributed by atoms with E-state index in [4.69, 9.17) is 9.15 Å². The van der Waals surface area contributed by atoms with Gasteiger partial charge in [-0.05, 0) is 24.3 Å². The van der Waals surface area contributed by atoms with Crippen LogP contribution in [0, 0.1) is 0 Å². The third-order valence-corrected chi connectivity index (χ3v) is 4.98. The van der Waals surface area contributed by atoms with E-state index in [-0.39, 0.29) is 0 Å². The fourth-order valence-electron chi connectivity index (χ4n) is 2.37. The van der Waals surface area contributed by atoms with Gasteiger partial charge in [-0.2, -0.15) is 0 Å². The highest BCUT2D eigenvalue weighted by atomic mass is 32.2. The fourth-order valence-corrected chi connectivity index (χ4v) is 3.69. The molecule has 1 aromatic heterocycles. The van der Waals surface area contributed by atoms with Crippen LogP contribution in [-0.4, -0.2) is 68.4 Å². The molecule has 0 spiro atoms. The molecule has 0 bridgehead atoms. The SMILES string of the molecule is CS(=O)(=O)Nc1ccc(-c2nnc(SCCN3CCOCC3)o2)cc1. The number of anilines is 1. The molecule has 1 N–H and O–H groups in total. The summed E-state index contributed by atoms with van der Waals surface area (Å²) in [6.45, 7) is 4.46. The van der Waals surface area contributed by atoms with Gasteiger partial charge in [-0.15, -0.1) is 10.2 Å². The highest BCUT2D eigenvalue weighted by Crippen LogP contribution is 2.24. The van der Waals surface area contributed by atoms with E-state index >= 15 is 0 Å². The van der Waals surface area contributed by atoms with Crippen LogP contribution in [0.25, 0.3) is 11.5 Å². The second kappa shape index (κ2) is 8.17. The molecule has 0 atom stereocenters. The van der Waals surface area contributed by atoms with Crippen LogP contribution >= 0.6 is 11.8 Å². The Morgan fingerprint density at radius 3 is 2.60 bits per heavy atom. The van der Waals surface area contributed by atoms with Crippen LogP contribution in [0.1, 0.15) is 0 Å². The molecule has 2 heterocycles. The van der Waals surface area contributed by atoms with Crippen LogP contribution in [0.4, 0.5) is 5.69 Å². The number of hydrogen-bond donors (Lipinski definition) is 1. The maximum absolute atomic E-state index is 11.2. The van der Waals surface area contributed by atoms with Gasteiger partial charge in [0.2, 0.25) is 15.9 Å². The first kappa shape index (κ1) is 18.2. The summed E-state index contributed by atoms with van der Waals surface area (Å²) in [5, 5.41) is 8.62. The van der Waals surface area contributed by atoms with Crippen molar-refractivity contribution in [2.24, 2.45) is 0 Å². The summed E-state index contributed by atoms with van der Waals surface area (Å²) < 4.78 is 35.8. The molecule has 0 amide bonds. The minimum Gasteiger partial charge on any atom is -0.411 e. The van der Waals surface area contributed by atoms with E-state index < -0.39 is 10.0 Å². The van der Waals surface area contributed by atoms with Crippen molar-refractivity contribution in [1.29, 1.82) is 0 Å². The van der Waals surface area contributed by atoms with E-state index in [0.717, 1.165) is 50.4 Å². The highest BCUT2D eigenvalue weighted by molar-refractivity contribution is 7.99. The topological polar surface area (TPSA) is 97.6 Å². The molecule has 0 saturated carbocycles. The molecule has 1 aliphatic rings. The summed E-state index contributed by atoms with van der Waals surface area (Å²) in [6, 6.07) is 6.80. The van der Waals surface area contributed by atoms with Gasteiger partial charge in [-0.1, -0.05) is 11.8 Å². The van der Waals surface area contributed by atoms with Crippen molar-refractivity contribution < 1.29 is 17.6 Å². The van der Waals surface area contributed by atoms with Gasteiger partial charge in [0.25, 0.3) is 5.22 Å². The Hall–Kier alpha value is -1.62. The molecular weight excluding hydrogens is 364 g/mol. The minimum absolute atomic E-state index is 0.416. The minimum atomic E-state index is -3.29. The lowest BCUT2D eigenvalue weighted by Crippen LogP contribution is -2.37. The molecule has 0 radical (unpaired) electrons. The van der Waals surface area contributed by atoms with Gasteiger partial charge in [0, 0.05) is 36.6 Å². The Morgan fingerprint density at radius 2 is 1.92 bits per heavy atom. The first-order valence-corrected chi connectivity index (χ1v) is 10.7. The second-order valence-electron chi connectivity index (χ2n) is 5.63. The van der Waals surface area contributed by atoms with Crippen molar-refractivity contribution in [3.63, 3.8) is 0 Å². The molecule has 0 unspecified atom stereocenters. The van der Waals surface area contributed by atoms with E-state index in [1.54, 1.807) is 24.3 Å². The molecule has 1 saturated heterocycles. The van der Waals surface area contributed by atoms with Crippen LogP contribution in [-0.2, 0) is 14.8 Å². The Morgan fingerprint density at radius 1 is 1.20 bits per heavy atom. The van der Waals surface area contributed by atoms with Gasteiger partial charge in [-0.3, -0.25) is 9.62 Å². The number of hydrogen-bond acceptors (Lipinski definition) is 8. The maximum atomic E-state index is 11.2. The number of benzene rings is 1. The summed E-state index contributed by atoms with van der Waals surface area (Å²) in [6.07, 6.45) is 1.11. The Balaban J connectivity index is 1.53. The molecule has 8 nitrogen and oxygen atoms in total. The van der Waals surface area contributed by atoms with Gasteiger partial charge in [0.1, 0.15) is 0 Å². The molecule has 0 aliphatic carbocycles. The zero-order chi connectivity index (χ0) is 17.7. The summed E-state index contributed by atoms with van der Waals surface area (Å²) >= 11 is 1.53. The second-order valence-corrected chi connectivity index (χ2v) is 8.42. The van der Waals surface area contributed by atoms with E-state index in [0.29, 0.717) is 16.8 Å². The molecule has 1 aliphatic heterocycles. The molecule has 1 fully saturated rings. The Kier molecular flexibility index (Phi) is 5.94. The molecule has 3 rings (SSSR count). The van der Waals surface area contributed by atoms with Crippen LogP contribution < -0.4 is 4.72 Å². The zero-order valence-corrected chi connectivity index (χ0v) is 15.5. The van der Waals surface area contributed by atoms with Crippen LogP contribution in [0.3, 0.4) is 0 Å². The summed E-state index contributed by atoms with van der Waals surface area (Å²) in [5.41, 5.74) is 1.23. The molecule has 25 heavy (non-hydrogen) atoms. The number of sulfonamides is 1. The highest BCUT2D eigenvalue weighted by Gasteiger charge is 2.12. The smallest absolute Gasteiger partial charge is 0.276 e. The number of morpholine rings is 1. The average molecular weight is 384 g/mol. The van der Waals surface area contributed by atoms with Crippen molar-refractivity contribution in [1.82, 2.24) is 15.1 Å². The van der Waals surface area contributed by atoms with Gasteiger partial charge < -0.3 is 9.15 Å². The van der Waals surface area contributed by atoms with Crippen molar-refractivity contribution in [3.05, 3.63) is 24.3 Å². The number of nitrogens with zero attached hydrogens (tertiary/aromatic N) is 3. The number of rotatable bonds is 7. The van der Waals surface area contributed by atoms with Crippen molar-refractivity contribution in [3.8, 4) is 11.5 Å². The van der Waals surface area contributed by atoms with Crippen LogP contribution in [0.15, 0.2) is 33.9 Å². The van der Waals surface area contributed by atoms with Crippen molar-refractivity contribution in [2.75, 3.05) is 49.6 Å². The standard InChI is InChI=1S/C15H20N4O4S2/c1-25(20,21)18-13-4-2-12(3-5-13)14-16-17-15(23-14)24-11-8-19-6-9-22-10-7-19/h2-5,18H,6-11H2,1H3. The quantitative estimate of drug-likeness (QED) is 0.718. The van der Waals surface area contributed by atoms with E-state index in [9.17, 15) is 8.42 Å².